The zero-order chi connectivity index (χ0) is 14.9. The summed E-state index contributed by atoms with van der Waals surface area (Å²) < 4.78 is 1.95. The van der Waals surface area contributed by atoms with E-state index >= 15 is 0 Å². The van der Waals surface area contributed by atoms with Crippen LogP contribution in [0, 0.1) is 0 Å². The summed E-state index contributed by atoms with van der Waals surface area (Å²) in [6, 6.07) is 10.4. The van der Waals surface area contributed by atoms with Crippen LogP contribution in [0.5, 0.6) is 0 Å². The first kappa shape index (κ1) is 13.5. The largest absolute Gasteiger partial charge is 0.329 e. The van der Waals surface area contributed by atoms with Gasteiger partial charge in [-0.25, -0.2) is 0 Å². The van der Waals surface area contributed by atoms with Crippen molar-refractivity contribution in [3.8, 4) is 0 Å². The zero-order valence-electron chi connectivity index (χ0n) is 12.5. The third-order valence-corrected chi connectivity index (χ3v) is 4.60. The molecule has 0 bridgehead atoms. The Balaban J connectivity index is 1.49. The number of aromatic nitrogens is 2. The minimum absolute atomic E-state index is 0.0266. The van der Waals surface area contributed by atoms with Gasteiger partial charge in [0.05, 0.1) is 6.04 Å². The smallest absolute Gasteiger partial charge is 0.274 e. The quantitative estimate of drug-likeness (QED) is 0.921. The van der Waals surface area contributed by atoms with Crippen LogP contribution in [0.15, 0.2) is 36.5 Å². The maximum Gasteiger partial charge on any atom is 0.274 e. The minimum atomic E-state index is 0.0266. The molecule has 5 nitrogen and oxygen atoms in total. The number of rotatable bonds is 2. The van der Waals surface area contributed by atoms with E-state index in [1.165, 1.54) is 11.1 Å². The van der Waals surface area contributed by atoms with Crippen LogP contribution in [0.3, 0.4) is 0 Å². The molecule has 1 N–H and O–H groups in total. The summed E-state index contributed by atoms with van der Waals surface area (Å²) in [7, 11) is 0. The zero-order valence-corrected chi connectivity index (χ0v) is 12.5. The van der Waals surface area contributed by atoms with Gasteiger partial charge in [0, 0.05) is 25.8 Å². The fourth-order valence-electron chi connectivity index (χ4n) is 3.35. The molecule has 2 aliphatic rings. The van der Waals surface area contributed by atoms with Crippen LogP contribution in [-0.2, 0) is 13.1 Å². The van der Waals surface area contributed by atoms with Crippen molar-refractivity contribution >= 4 is 5.91 Å². The Morgan fingerprint density at radius 1 is 1.18 bits per heavy atom. The summed E-state index contributed by atoms with van der Waals surface area (Å²) in [5.74, 6) is 0.0266. The van der Waals surface area contributed by atoms with Crippen molar-refractivity contribution in [2.75, 3.05) is 13.1 Å². The molecule has 114 valence electrons. The molecule has 1 aromatic heterocycles. The Kier molecular flexibility index (Phi) is 3.42. The van der Waals surface area contributed by atoms with Crippen LogP contribution in [-0.4, -0.2) is 33.7 Å². The van der Waals surface area contributed by atoms with Gasteiger partial charge in [-0.1, -0.05) is 24.3 Å². The lowest BCUT2D eigenvalue weighted by Gasteiger charge is -2.23. The van der Waals surface area contributed by atoms with Gasteiger partial charge in [0.25, 0.3) is 5.91 Å². The monoisotopic (exact) mass is 296 g/mol. The van der Waals surface area contributed by atoms with Crippen LogP contribution >= 0.6 is 0 Å². The summed E-state index contributed by atoms with van der Waals surface area (Å²) in [4.78, 5) is 14.5. The number of hydrogen-bond acceptors (Lipinski definition) is 3. The SMILES string of the molecule is O=C(c1ccn(C2CCCNC2)n1)N1Cc2ccccc2C1. The van der Waals surface area contributed by atoms with E-state index in [2.05, 4.69) is 22.5 Å². The van der Waals surface area contributed by atoms with Gasteiger partial charge in [-0.05, 0) is 36.6 Å². The van der Waals surface area contributed by atoms with E-state index in [0.717, 1.165) is 25.9 Å². The lowest BCUT2D eigenvalue weighted by molar-refractivity contribution is 0.0744. The van der Waals surface area contributed by atoms with E-state index < -0.39 is 0 Å². The normalized spacial score (nSPS) is 20.9. The van der Waals surface area contributed by atoms with Crippen molar-refractivity contribution in [1.29, 1.82) is 0 Å². The van der Waals surface area contributed by atoms with Crippen LogP contribution in [0.1, 0.15) is 40.5 Å². The van der Waals surface area contributed by atoms with Crippen LogP contribution in [0.4, 0.5) is 0 Å². The van der Waals surface area contributed by atoms with Gasteiger partial charge in [-0.3, -0.25) is 9.48 Å². The standard InChI is InChI=1S/C17H20N4O/c22-17(20-11-13-4-1-2-5-14(13)12-20)16-7-9-21(19-16)15-6-3-8-18-10-15/h1-2,4-5,7,9,15,18H,3,6,8,10-12H2. The summed E-state index contributed by atoms with van der Waals surface area (Å²) in [5, 5.41) is 7.91. The molecule has 1 amide bonds. The Labute approximate surface area is 129 Å². The highest BCUT2D eigenvalue weighted by atomic mass is 16.2. The first-order valence-electron chi connectivity index (χ1n) is 7.93. The molecular weight excluding hydrogens is 276 g/mol. The number of piperidine rings is 1. The molecule has 2 aromatic rings. The fraction of sp³-hybridized carbons (Fsp3) is 0.412. The van der Waals surface area contributed by atoms with Gasteiger partial charge < -0.3 is 10.2 Å². The average Bonchev–Trinajstić information content (AvgIpc) is 3.22. The van der Waals surface area contributed by atoms with Gasteiger partial charge >= 0.3 is 0 Å². The van der Waals surface area contributed by atoms with E-state index in [1.54, 1.807) is 0 Å². The van der Waals surface area contributed by atoms with E-state index in [9.17, 15) is 4.79 Å². The van der Waals surface area contributed by atoms with Crippen molar-refractivity contribution in [2.45, 2.75) is 32.0 Å². The van der Waals surface area contributed by atoms with Crippen molar-refractivity contribution < 1.29 is 4.79 Å². The number of nitrogens with one attached hydrogen (secondary N) is 1. The van der Waals surface area contributed by atoms with Gasteiger partial charge in [-0.15, -0.1) is 0 Å². The maximum absolute atomic E-state index is 12.6. The summed E-state index contributed by atoms with van der Waals surface area (Å²) in [5.41, 5.74) is 3.04. The van der Waals surface area contributed by atoms with Crippen LogP contribution < -0.4 is 5.32 Å². The van der Waals surface area contributed by atoms with E-state index in [4.69, 9.17) is 0 Å². The number of fused-ring (bicyclic) bond motifs is 1. The molecule has 1 fully saturated rings. The van der Waals surface area contributed by atoms with Gasteiger partial charge in [0.2, 0.25) is 0 Å². The topological polar surface area (TPSA) is 50.2 Å². The highest BCUT2D eigenvalue weighted by Crippen LogP contribution is 2.24. The number of amides is 1. The lowest BCUT2D eigenvalue weighted by Crippen LogP contribution is -2.32. The third-order valence-electron chi connectivity index (χ3n) is 4.60. The molecule has 22 heavy (non-hydrogen) atoms. The molecule has 1 saturated heterocycles. The molecule has 0 spiro atoms. The number of benzene rings is 1. The molecule has 1 unspecified atom stereocenters. The molecule has 2 aliphatic heterocycles. The van der Waals surface area contributed by atoms with Gasteiger partial charge in [0.15, 0.2) is 0 Å². The Bertz CT molecular complexity index is 662. The summed E-state index contributed by atoms with van der Waals surface area (Å²) in [6.07, 6.45) is 4.22. The van der Waals surface area contributed by atoms with E-state index in [-0.39, 0.29) is 5.91 Å². The molecule has 1 aromatic carbocycles. The molecule has 0 saturated carbocycles. The summed E-state index contributed by atoms with van der Waals surface area (Å²) >= 11 is 0. The van der Waals surface area contributed by atoms with Gasteiger partial charge in [-0.2, -0.15) is 5.10 Å². The van der Waals surface area contributed by atoms with E-state index in [1.807, 2.05) is 34.0 Å². The third kappa shape index (κ3) is 2.41. The van der Waals surface area contributed by atoms with Gasteiger partial charge in [0.1, 0.15) is 5.69 Å². The Morgan fingerprint density at radius 3 is 2.64 bits per heavy atom. The van der Waals surface area contributed by atoms with Crippen LogP contribution in [0.25, 0.3) is 0 Å². The summed E-state index contributed by atoms with van der Waals surface area (Å²) in [6.45, 7) is 3.39. The second kappa shape index (κ2) is 5.57. The van der Waals surface area contributed by atoms with E-state index in [0.29, 0.717) is 24.8 Å². The van der Waals surface area contributed by atoms with Crippen molar-refractivity contribution in [1.82, 2.24) is 20.0 Å². The average molecular weight is 296 g/mol. The number of hydrogen-bond donors (Lipinski definition) is 1. The second-order valence-electron chi connectivity index (χ2n) is 6.11. The minimum Gasteiger partial charge on any atom is -0.329 e. The number of carbonyl (C=O) groups is 1. The fourth-order valence-corrected chi connectivity index (χ4v) is 3.35. The van der Waals surface area contributed by atoms with Crippen LogP contribution in [0.2, 0.25) is 0 Å². The highest BCUT2D eigenvalue weighted by molar-refractivity contribution is 5.92. The Morgan fingerprint density at radius 2 is 1.95 bits per heavy atom. The predicted octanol–water partition coefficient (Wildman–Crippen LogP) is 1.96. The number of carbonyl (C=O) groups excluding carboxylic acids is 1. The molecule has 0 aliphatic carbocycles. The first-order chi connectivity index (χ1) is 10.8. The first-order valence-corrected chi connectivity index (χ1v) is 7.93. The molecule has 1 atom stereocenters. The molecule has 0 radical (unpaired) electrons. The predicted molar refractivity (Wildman–Crippen MR) is 83.4 cm³/mol. The second-order valence-corrected chi connectivity index (χ2v) is 6.11. The Hall–Kier alpha value is -2.14. The van der Waals surface area contributed by atoms with Crippen molar-refractivity contribution in [3.05, 3.63) is 53.3 Å². The highest BCUT2D eigenvalue weighted by Gasteiger charge is 2.26. The molecule has 3 heterocycles. The molecule has 4 rings (SSSR count). The lowest BCUT2D eigenvalue weighted by atomic mass is 10.1. The number of nitrogens with zero attached hydrogens (tertiary/aromatic N) is 3. The maximum atomic E-state index is 12.6. The molecule has 5 heteroatoms. The molecular formula is C17H20N4O. The van der Waals surface area contributed by atoms with Crippen molar-refractivity contribution in [2.24, 2.45) is 0 Å². The van der Waals surface area contributed by atoms with Crippen molar-refractivity contribution in [3.63, 3.8) is 0 Å².